The Balaban J connectivity index is 0.851. The van der Waals surface area contributed by atoms with Crippen LogP contribution in [0.15, 0.2) is 59.0 Å². The van der Waals surface area contributed by atoms with E-state index in [1.165, 1.54) is 24.2 Å². The van der Waals surface area contributed by atoms with Gasteiger partial charge in [0.2, 0.25) is 11.9 Å². The first kappa shape index (κ1) is 37.8. The van der Waals surface area contributed by atoms with E-state index in [9.17, 15) is 14.4 Å². The van der Waals surface area contributed by atoms with Gasteiger partial charge in [0.25, 0.3) is 0 Å². The number of amides is 2. The van der Waals surface area contributed by atoms with Gasteiger partial charge in [-0.2, -0.15) is 0 Å². The zero-order valence-corrected chi connectivity index (χ0v) is 32.1. The molecule has 3 aliphatic heterocycles. The van der Waals surface area contributed by atoms with Crippen molar-refractivity contribution in [2.45, 2.75) is 87.1 Å². The molecule has 4 aliphatic rings. The molecule has 54 heavy (non-hydrogen) atoms. The fraction of sp³-hybridized carbons (Fsp3) is 0.553. The quantitative estimate of drug-likeness (QED) is 0.277. The third kappa shape index (κ3) is 8.71. The number of carbonyl (C=O) groups is 3. The van der Waals surface area contributed by atoms with Gasteiger partial charge in [-0.1, -0.05) is 17.8 Å². The molecule has 1 saturated carbocycles. The molecule has 16 heteroatoms. The Morgan fingerprint density at radius 3 is 2.31 bits per heavy atom. The van der Waals surface area contributed by atoms with Crippen LogP contribution in [0.1, 0.15) is 63.7 Å². The first-order valence-electron chi connectivity index (χ1n) is 18.7. The number of nitrogens with zero attached hydrogens (tertiary/aromatic N) is 7. The zero-order chi connectivity index (χ0) is 38.0. The molecule has 1 aliphatic carbocycles. The average molecular weight is 760 g/mol. The van der Waals surface area contributed by atoms with Crippen LogP contribution >= 0.6 is 11.8 Å². The Bertz CT molecular complexity index is 1800. The summed E-state index contributed by atoms with van der Waals surface area (Å²) in [5, 5.41) is 16.1. The summed E-state index contributed by atoms with van der Waals surface area (Å²) < 4.78 is 11.6. The molecule has 3 aromatic rings. The highest BCUT2D eigenvalue weighted by Gasteiger charge is 2.50. The Kier molecular flexibility index (Phi) is 11.0. The number of benzene rings is 1. The smallest absolute Gasteiger partial charge is 0.407 e. The van der Waals surface area contributed by atoms with Gasteiger partial charge < -0.3 is 35.0 Å². The second-order valence-corrected chi connectivity index (χ2v) is 16.8. The van der Waals surface area contributed by atoms with Crippen LogP contribution in [0.2, 0.25) is 0 Å². The second-order valence-electron chi connectivity index (χ2n) is 15.7. The molecule has 15 nitrogen and oxygen atoms in total. The summed E-state index contributed by atoms with van der Waals surface area (Å²) in [5.41, 5.74) is 0.122. The van der Waals surface area contributed by atoms with Gasteiger partial charge in [-0.25, -0.2) is 29.5 Å². The molecule has 7 rings (SSSR count). The van der Waals surface area contributed by atoms with Crippen LogP contribution in [-0.2, 0) is 14.3 Å². The molecule has 2 aromatic heterocycles. The maximum atomic E-state index is 13.1. The van der Waals surface area contributed by atoms with E-state index in [0.717, 1.165) is 86.4 Å². The van der Waals surface area contributed by atoms with Crippen LogP contribution in [0.5, 0.6) is 0 Å². The van der Waals surface area contributed by atoms with Gasteiger partial charge in [0.1, 0.15) is 16.4 Å². The molecule has 5 heterocycles. The third-order valence-electron chi connectivity index (χ3n) is 10.9. The Labute approximate surface area is 319 Å². The van der Waals surface area contributed by atoms with Crippen molar-refractivity contribution in [3.63, 3.8) is 0 Å². The molecule has 3 N–H and O–H groups in total. The van der Waals surface area contributed by atoms with Crippen molar-refractivity contribution < 1.29 is 29.0 Å². The van der Waals surface area contributed by atoms with Crippen molar-refractivity contribution >= 4 is 47.2 Å². The fourth-order valence-corrected chi connectivity index (χ4v) is 8.62. The van der Waals surface area contributed by atoms with Crippen LogP contribution in [0.3, 0.4) is 0 Å². The number of piperidine rings is 1. The van der Waals surface area contributed by atoms with Crippen molar-refractivity contribution in [1.29, 1.82) is 0 Å². The first-order chi connectivity index (χ1) is 25.8. The number of hydrogen-bond acceptors (Lipinski definition) is 13. The number of anilines is 3. The number of aromatic nitrogens is 4. The lowest BCUT2D eigenvalue weighted by Crippen LogP contribution is -2.55. The number of hydrogen-bond donors (Lipinski definition) is 3. The minimum Gasteiger partial charge on any atom is -0.478 e. The lowest BCUT2D eigenvalue weighted by atomic mass is 9.73. The minimum atomic E-state index is -1.04. The number of nitrogens with one attached hydrogen (secondary N) is 2. The van der Waals surface area contributed by atoms with E-state index in [1.54, 1.807) is 6.20 Å². The number of ether oxygens (including phenoxy) is 2. The van der Waals surface area contributed by atoms with E-state index in [2.05, 4.69) is 35.3 Å². The van der Waals surface area contributed by atoms with Crippen LogP contribution in [0, 0.1) is 11.3 Å². The molecule has 2 amide bonds. The minimum absolute atomic E-state index is 0.0315. The highest BCUT2D eigenvalue weighted by atomic mass is 32.2. The number of rotatable bonds is 9. The van der Waals surface area contributed by atoms with Crippen molar-refractivity contribution in [3.8, 4) is 0 Å². The maximum Gasteiger partial charge on any atom is 0.407 e. The molecule has 4 fully saturated rings. The summed E-state index contributed by atoms with van der Waals surface area (Å²) in [4.78, 5) is 62.4. The lowest BCUT2D eigenvalue weighted by molar-refractivity contribution is -0.124. The van der Waals surface area contributed by atoms with Crippen LogP contribution in [0.25, 0.3) is 0 Å². The normalized spacial score (nSPS) is 24.1. The van der Waals surface area contributed by atoms with Crippen LogP contribution in [0.4, 0.5) is 22.2 Å². The highest BCUT2D eigenvalue weighted by molar-refractivity contribution is 7.99. The van der Waals surface area contributed by atoms with E-state index in [4.69, 9.17) is 24.5 Å². The molecular weight excluding hydrogens is 711 g/mol. The lowest BCUT2D eigenvalue weighted by Gasteiger charge is -2.45. The summed E-state index contributed by atoms with van der Waals surface area (Å²) in [6.07, 6.45) is 9.15. The fourth-order valence-electron chi connectivity index (χ4n) is 7.83. The molecule has 3 saturated heterocycles. The van der Waals surface area contributed by atoms with E-state index in [-0.39, 0.29) is 34.9 Å². The number of carboxylic acids is 1. The van der Waals surface area contributed by atoms with Gasteiger partial charge in [0, 0.05) is 79.6 Å². The Morgan fingerprint density at radius 1 is 0.944 bits per heavy atom. The zero-order valence-electron chi connectivity index (χ0n) is 31.2. The van der Waals surface area contributed by atoms with Crippen molar-refractivity contribution in [3.05, 3.63) is 54.6 Å². The highest BCUT2D eigenvalue weighted by Crippen LogP contribution is 2.43. The molecular formula is C38H49N9O6S. The molecule has 288 valence electrons. The molecule has 0 unspecified atom stereocenters. The molecule has 1 spiro atoms. The van der Waals surface area contributed by atoms with Crippen molar-refractivity contribution in [2.24, 2.45) is 11.3 Å². The van der Waals surface area contributed by atoms with Gasteiger partial charge in [-0.05, 0) is 71.6 Å². The Morgan fingerprint density at radius 2 is 1.67 bits per heavy atom. The van der Waals surface area contributed by atoms with E-state index in [1.807, 2.05) is 58.2 Å². The average Bonchev–Trinajstić information content (AvgIpc) is 3.41. The number of piperazine rings is 1. The van der Waals surface area contributed by atoms with E-state index >= 15 is 0 Å². The number of alkyl carbamates (subject to hydrolysis) is 1. The SMILES string of the molecule is C[C@@H]1OCC2(CCN(c3cnc(Sc4cccc(NC(=O)C5CC(N6CCN(c7ncc(C(=O)O)cn7)CC6)C5)c4)cn3)CC2)[C@@H]1NC(=O)OC(C)(C)C. The monoisotopic (exact) mass is 759 g/mol. The number of carbonyl (C=O) groups excluding carboxylic acids is 2. The first-order valence-corrected chi connectivity index (χ1v) is 19.5. The van der Waals surface area contributed by atoms with Crippen LogP contribution in [-0.4, -0.2) is 118 Å². The van der Waals surface area contributed by atoms with Crippen molar-refractivity contribution in [1.82, 2.24) is 30.2 Å². The topological polar surface area (TPSA) is 175 Å². The van der Waals surface area contributed by atoms with Gasteiger partial charge in [-0.3, -0.25) is 9.69 Å². The van der Waals surface area contributed by atoms with Gasteiger partial charge >= 0.3 is 12.1 Å². The number of aromatic carboxylic acids is 1. The maximum absolute atomic E-state index is 13.1. The summed E-state index contributed by atoms with van der Waals surface area (Å²) >= 11 is 1.50. The molecule has 2 atom stereocenters. The van der Waals surface area contributed by atoms with Gasteiger partial charge in [-0.15, -0.1) is 0 Å². The molecule has 0 radical (unpaired) electrons. The molecule has 0 bridgehead atoms. The predicted octanol–water partition coefficient (Wildman–Crippen LogP) is 4.55. The van der Waals surface area contributed by atoms with E-state index in [0.29, 0.717) is 18.6 Å². The summed E-state index contributed by atoms with van der Waals surface area (Å²) in [5.74, 6) is 0.332. The van der Waals surface area contributed by atoms with Crippen LogP contribution < -0.4 is 20.4 Å². The van der Waals surface area contributed by atoms with E-state index < -0.39 is 17.7 Å². The summed E-state index contributed by atoms with van der Waals surface area (Å²) in [6.45, 7) is 13.0. The molecule has 1 aromatic carbocycles. The third-order valence-corrected chi connectivity index (χ3v) is 11.8. The Hall–Kier alpha value is -4.54. The largest absolute Gasteiger partial charge is 0.478 e. The second kappa shape index (κ2) is 15.7. The van der Waals surface area contributed by atoms with Gasteiger partial charge in [0.05, 0.1) is 36.7 Å². The summed E-state index contributed by atoms with van der Waals surface area (Å²) in [6, 6.07) is 8.06. The number of carboxylic acid groups (broad SMARTS) is 1. The summed E-state index contributed by atoms with van der Waals surface area (Å²) in [7, 11) is 0. The van der Waals surface area contributed by atoms with Gasteiger partial charge in [0.15, 0.2) is 0 Å². The van der Waals surface area contributed by atoms with Crippen molar-refractivity contribution in [2.75, 3.05) is 61.0 Å². The standard InChI is InChI=1S/C38H49N9O6S/c1-24-32(44-36(51)53-37(2,3)4)38(23-52-24)8-10-46(11-9-38)30-21-40-31(22-39-30)54-29-7-5-6-27(18-29)43-33(48)25-16-28(17-25)45-12-14-47(15-13-45)35-41-19-26(20-42-35)34(49)50/h5-7,18-22,24-25,28,32H,8-17,23H2,1-4H3,(H,43,48)(H,44,51)(H,49,50)/t24-,25?,28?,32+/m0/s1. The predicted molar refractivity (Wildman–Crippen MR) is 203 cm³/mol.